The summed E-state index contributed by atoms with van der Waals surface area (Å²) in [7, 11) is 0. The van der Waals surface area contributed by atoms with Gasteiger partial charge in [-0.05, 0) is 25.6 Å². The summed E-state index contributed by atoms with van der Waals surface area (Å²) in [5.74, 6) is 0. The molecule has 2 heterocycles. The first-order chi connectivity index (χ1) is 8.79. The van der Waals surface area contributed by atoms with Crippen LogP contribution >= 0.6 is 11.3 Å². The van der Waals surface area contributed by atoms with Crippen molar-refractivity contribution in [2.45, 2.75) is 19.8 Å². The van der Waals surface area contributed by atoms with E-state index in [0.717, 1.165) is 41.6 Å². The number of nitrogens with one attached hydrogen (secondary N) is 2. The molecule has 0 aromatic carbocycles. The highest BCUT2D eigenvalue weighted by molar-refractivity contribution is 7.14. The maximum atomic E-state index is 11.2. The summed E-state index contributed by atoms with van der Waals surface area (Å²) in [6.45, 7) is 4.08. The van der Waals surface area contributed by atoms with Crippen molar-refractivity contribution >= 4 is 11.3 Å². The van der Waals surface area contributed by atoms with Crippen molar-refractivity contribution in [1.82, 2.24) is 20.5 Å². The molecule has 0 fully saturated rings. The predicted molar refractivity (Wildman–Crippen MR) is 72.8 cm³/mol. The molecule has 0 spiro atoms. The monoisotopic (exact) mass is 264 g/mol. The van der Waals surface area contributed by atoms with Crippen LogP contribution < -0.4 is 10.9 Å². The van der Waals surface area contributed by atoms with Gasteiger partial charge in [-0.15, -0.1) is 10.2 Å². The Kier molecular flexibility index (Phi) is 4.60. The third-order valence-electron chi connectivity index (χ3n) is 2.46. The number of rotatable bonds is 6. The molecule has 5 nitrogen and oxygen atoms in total. The number of pyridine rings is 1. The molecular formula is C12H16N4OS. The Bertz CT molecular complexity index is 549. The Morgan fingerprint density at radius 2 is 2.28 bits per heavy atom. The van der Waals surface area contributed by atoms with Gasteiger partial charge in [0.25, 0.3) is 0 Å². The second-order valence-electron chi connectivity index (χ2n) is 3.89. The van der Waals surface area contributed by atoms with Gasteiger partial charge in [0.15, 0.2) is 5.01 Å². The first-order valence-corrected chi connectivity index (χ1v) is 6.84. The fourth-order valence-corrected chi connectivity index (χ4v) is 2.44. The van der Waals surface area contributed by atoms with Crippen LogP contribution in [0.5, 0.6) is 0 Å². The molecule has 2 N–H and O–H groups in total. The van der Waals surface area contributed by atoms with Crippen LogP contribution in [0.4, 0.5) is 0 Å². The van der Waals surface area contributed by atoms with Gasteiger partial charge >= 0.3 is 0 Å². The van der Waals surface area contributed by atoms with Gasteiger partial charge in [0, 0.05) is 12.5 Å². The normalized spacial score (nSPS) is 10.7. The van der Waals surface area contributed by atoms with Crippen LogP contribution in [0.15, 0.2) is 23.0 Å². The molecular weight excluding hydrogens is 248 g/mol. The minimum atomic E-state index is -0.114. The van der Waals surface area contributed by atoms with Crippen molar-refractivity contribution in [3.63, 3.8) is 0 Å². The van der Waals surface area contributed by atoms with Crippen molar-refractivity contribution in [1.29, 1.82) is 0 Å². The zero-order valence-electron chi connectivity index (χ0n) is 10.3. The van der Waals surface area contributed by atoms with Gasteiger partial charge in [0.2, 0.25) is 5.56 Å². The molecule has 2 aromatic rings. The Hall–Kier alpha value is -1.53. The van der Waals surface area contributed by atoms with Crippen LogP contribution in [0.2, 0.25) is 0 Å². The molecule has 0 radical (unpaired) electrons. The van der Waals surface area contributed by atoms with Crippen molar-refractivity contribution in [2.24, 2.45) is 0 Å². The number of hydrogen-bond acceptors (Lipinski definition) is 5. The number of nitrogens with zero attached hydrogens (tertiary/aromatic N) is 2. The Morgan fingerprint density at radius 1 is 1.39 bits per heavy atom. The lowest BCUT2D eigenvalue weighted by Crippen LogP contribution is -2.14. The minimum absolute atomic E-state index is 0.114. The zero-order valence-corrected chi connectivity index (χ0v) is 11.1. The van der Waals surface area contributed by atoms with E-state index >= 15 is 0 Å². The van der Waals surface area contributed by atoms with E-state index in [2.05, 4.69) is 27.4 Å². The first-order valence-electron chi connectivity index (χ1n) is 6.02. The molecule has 0 saturated heterocycles. The third-order valence-corrected chi connectivity index (χ3v) is 3.48. The van der Waals surface area contributed by atoms with E-state index in [1.165, 1.54) is 17.4 Å². The quantitative estimate of drug-likeness (QED) is 0.774. The highest BCUT2D eigenvalue weighted by Gasteiger charge is 2.06. The van der Waals surface area contributed by atoms with E-state index in [-0.39, 0.29) is 5.56 Å². The smallest absolute Gasteiger partial charge is 0.248 e. The van der Waals surface area contributed by atoms with Crippen LogP contribution in [-0.4, -0.2) is 28.3 Å². The van der Waals surface area contributed by atoms with Crippen molar-refractivity contribution < 1.29 is 0 Å². The Labute approximate surface area is 109 Å². The zero-order chi connectivity index (χ0) is 12.8. The van der Waals surface area contributed by atoms with Gasteiger partial charge in [-0.1, -0.05) is 24.3 Å². The van der Waals surface area contributed by atoms with Gasteiger partial charge in [-0.25, -0.2) is 0 Å². The molecule has 0 atom stereocenters. The molecule has 0 saturated carbocycles. The van der Waals surface area contributed by atoms with Crippen LogP contribution in [0.1, 0.15) is 18.4 Å². The van der Waals surface area contributed by atoms with E-state index in [1.807, 2.05) is 6.07 Å². The summed E-state index contributed by atoms with van der Waals surface area (Å²) in [5, 5.41) is 13.3. The van der Waals surface area contributed by atoms with Gasteiger partial charge in [0.05, 0.1) is 5.69 Å². The molecule has 0 aliphatic heterocycles. The van der Waals surface area contributed by atoms with Crippen LogP contribution in [0, 0.1) is 0 Å². The molecule has 0 aliphatic carbocycles. The molecule has 6 heteroatoms. The van der Waals surface area contributed by atoms with Gasteiger partial charge in [0.1, 0.15) is 5.01 Å². The van der Waals surface area contributed by atoms with Crippen LogP contribution in [0.25, 0.3) is 10.7 Å². The molecule has 0 unspecified atom stereocenters. The number of hydrogen-bond donors (Lipinski definition) is 2. The lowest BCUT2D eigenvalue weighted by atomic mass is 10.3. The number of H-pyrrole nitrogens is 1. The van der Waals surface area contributed by atoms with E-state index in [4.69, 9.17) is 0 Å². The first kappa shape index (κ1) is 12.9. The number of aromatic nitrogens is 3. The van der Waals surface area contributed by atoms with Gasteiger partial charge in [-0.3, -0.25) is 4.79 Å². The number of aromatic amines is 1. The molecule has 18 heavy (non-hydrogen) atoms. The average molecular weight is 264 g/mol. The molecule has 96 valence electrons. The Morgan fingerprint density at radius 3 is 3.06 bits per heavy atom. The van der Waals surface area contributed by atoms with Crippen molar-refractivity contribution in [3.8, 4) is 10.7 Å². The molecule has 0 amide bonds. The highest BCUT2D eigenvalue weighted by atomic mass is 32.1. The standard InChI is InChI=1S/C12H16N4OS/c1-2-13-8-4-7-11-15-16-12(18-11)9-5-3-6-10(17)14-9/h3,5-6,13H,2,4,7-8H2,1H3,(H,14,17). The summed E-state index contributed by atoms with van der Waals surface area (Å²) in [5.41, 5.74) is 0.620. The van der Waals surface area contributed by atoms with Gasteiger partial charge in [-0.2, -0.15) is 0 Å². The largest absolute Gasteiger partial charge is 0.320 e. The second-order valence-corrected chi connectivity index (χ2v) is 4.95. The van der Waals surface area contributed by atoms with Crippen LogP contribution in [0.3, 0.4) is 0 Å². The Balaban J connectivity index is 1.99. The summed E-state index contributed by atoms with van der Waals surface area (Å²) >= 11 is 1.53. The van der Waals surface area contributed by atoms with E-state index in [0.29, 0.717) is 0 Å². The summed E-state index contributed by atoms with van der Waals surface area (Å²) in [6, 6.07) is 5.05. The topological polar surface area (TPSA) is 70.7 Å². The SMILES string of the molecule is CCNCCCc1nnc(-c2cccc(=O)[nH]2)s1. The lowest BCUT2D eigenvalue weighted by Gasteiger charge is -1.97. The van der Waals surface area contributed by atoms with Crippen LogP contribution in [-0.2, 0) is 6.42 Å². The average Bonchev–Trinajstić information content (AvgIpc) is 2.83. The maximum Gasteiger partial charge on any atom is 0.248 e. The maximum absolute atomic E-state index is 11.2. The molecule has 0 bridgehead atoms. The third kappa shape index (κ3) is 3.48. The summed E-state index contributed by atoms with van der Waals surface area (Å²) < 4.78 is 0. The molecule has 2 rings (SSSR count). The van der Waals surface area contributed by atoms with Crippen molar-refractivity contribution in [2.75, 3.05) is 13.1 Å². The molecule has 2 aromatic heterocycles. The number of aryl methyl sites for hydroxylation is 1. The second kappa shape index (κ2) is 6.42. The van der Waals surface area contributed by atoms with Gasteiger partial charge < -0.3 is 10.3 Å². The fraction of sp³-hybridized carbons (Fsp3) is 0.417. The summed E-state index contributed by atoms with van der Waals surface area (Å²) in [4.78, 5) is 14.0. The summed E-state index contributed by atoms with van der Waals surface area (Å²) in [6.07, 6.45) is 1.97. The predicted octanol–water partition coefficient (Wildman–Crippen LogP) is 1.44. The minimum Gasteiger partial charge on any atom is -0.320 e. The lowest BCUT2D eigenvalue weighted by molar-refractivity contribution is 0.669. The fourth-order valence-electron chi connectivity index (χ4n) is 1.58. The van der Waals surface area contributed by atoms with Crippen molar-refractivity contribution in [3.05, 3.63) is 33.6 Å². The van der Waals surface area contributed by atoms with E-state index < -0.39 is 0 Å². The molecule has 0 aliphatic rings. The highest BCUT2D eigenvalue weighted by Crippen LogP contribution is 2.20. The van der Waals surface area contributed by atoms with E-state index in [1.54, 1.807) is 6.07 Å². The van der Waals surface area contributed by atoms with E-state index in [9.17, 15) is 4.79 Å².